The number of aryl methyl sites for hydroxylation is 1. The lowest BCUT2D eigenvalue weighted by Gasteiger charge is -2.21. The topological polar surface area (TPSA) is 37.4 Å². The number of alkyl halides is 1. The van der Waals surface area contributed by atoms with E-state index in [1.54, 1.807) is 4.31 Å². The molecule has 0 spiro atoms. The molecule has 3 nitrogen and oxygen atoms in total. The minimum Gasteiger partial charge on any atom is -0.212 e. The van der Waals surface area contributed by atoms with Crippen LogP contribution in [0.15, 0.2) is 24.3 Å². The number of hydrogen-bond acceptors (Lipinski definition) is 2. The van der Waals surface area contributed by atoms with Crippen LogP contribution in [-0.2, 0) is 23.0 Å². The highest BCUT2D eigenvalue weighted by Crippen LogP contribution is 2.31. The van der Waals surface area contributed by atoms with Crippen molar-refractivity contribution < 1.29 is 8.42 Å². The molecule has 1 fully saturated rings. The van der Waals surface area contributed by atoms with Crippen LogP contribution in [0.2, 0.25) is 0 Å². The van der Waals surface area contributed by atoms with Gasteiger partial charge in [-0.25, -0.2) is 8.42 Å². The fraction of sp³-hybridized carbons (Fsp3) is 0.571. The number of hydrogen-bond donors (Lipinski definition) is 0. The molecule has 1 saturated carbocycles. The monoisotopic (exact) mass is 301 g/mol. The maximum absolute atomic E-state index is 12.2. The normalized spacial score (nSPS) is 15.9. The van der Waals surface area contributed by atoms with E-state index in [9.17, 15) is 8.42 Å². The van der Waals surface area contributed by atoms with E-state index in [0.29, 0.717) is 6.54 Å². The molecular formula is C14H20ClNO2S. The Morgan fingerprint density at radius 3 is 2.26 bits per heavy atom. The van der Waals surface area contributed by atoms with Crippen LogP contribution in [0.25, 0.3) is 0 Å². The third-order valence-corrected chi connectivity index (χ3v) is 5.69. The fourth-order valence-corrected chi connectivity index (χ4v) is 4.12. The minimum atomic E-state index is -3.22. The molecule has 0 atom stereocenters. The zero-order chi connectivity index (χ0) is 13.9. The van der Waals surface area contributed by atoms with Crippen molar-refractivity contribution in [3.05, 3.63) is 35.4 Å². The lowest BCUT2D eigenvalue weighted by molar-refractivity contribution is 0.399. The SMILES string of the molecule is CCc1ccc(CN(C2CC2)S(=O)(=O)CCCl)cc1. The van der Waals surface area contributed by atoms with Gasteiger partial charge in [-0.3, -0.25) is 0 Å². The molecule has 0 heterocycles. The second-order valence-electron chi connectivity index (χ2n) is 4.95. The predicted octanol–water partition coefficient (Wildman–Crippen LogP) is 2.78. The van der Waals surface area contributed by atoms with Gasteiger partial charge in [0.15, 0.2) is 0 Å². The molecule has 19 heavy (non-hydrogen) atoms. The third kappa shape index (κ3) is 3.94. The van der Waals surface area contributed by atoms with Crippen LogP contribution in [0.5, 0.6) is 0 Å². The van der Waals surface area contributed by atoms with Gasteiger partial charge in [-0.2, -0.15) is 4.31 Å². The Morgan fingerprint density at radius 1 is 1.21 bits per heavy atom. The van der Waals surface area contributed by atoms with E-state index in [2.05, 4.69) is 19.1 Å². The molecule has 2 rings (SSSR count). The summed E-state index contributed by atoms with van der Waals surface area (Å²) in [6.07, 6.45) is 2.93. The second kappa shape index (κ2) is 6.25. The lowest BCUT2D eigenvalue weighted by atomic mass is 10.1. The Balaban J connectivity index is 2.12. The zero-order valence-corrected chi connectivity index (χ0v) is 12.8. The summed E-state index contributed by atoms with van der Waals surface area (Å²) in [7, 11) is -3.22. The number of sulfonamides is 1. The molecule has 0 aromatic heterocycles. The van der Waals surface area contributed by atoms with E-state index >= 15 is 0 Å². The van der Waals surface area contributed by atoms with Gasteiger partial charge in [0.1, 0.15) is 0 Å². The molecular weight excluding hydrogens is 282 g/mol. The van der Waals surface area contributed by atoms with Gasteiger partial charge >= 0.3 is 0 Å². The van der Waals surface area contributed by atoms with E-state index < -0.39 is 10.0 Å². The molecule has 0 aliphatic heterocycles. The summed E-state index contributed by atoms with van der Waals surface area (Å²) < 4.78 is 26.0. The molecule has 1 aromatic carbocycles. The molecule has 106 valence electrons. The summed E-state index contributed by atoms with van der Waals surface area (Å²) in [5.74, 6) is 0.179. The molecule has 0 radical (unpaired) electrons. The van der Waals surface area contributed by atoms with Crippen molar-refractivity contribution in [1.29, 1.82) is 0 Å². The molecule has 1 aromatic rings. The van der Waals surface area contributed by atoms with E-state index in [1.807, 2.05) is 12.1 Å². The van der Waals surface area contributed by atoms with Crippen molar-refractivity contribution in [2.45, 2.75) is 38.8 Å². The summed E-state index contributed by atoms with van der Waals surface area (Å²) in [5, 5.41) is 0. The van der Waals surface area contributed by atoms with Gasteiger partial charge in [-0.1, -0.05) is 31.2 Å². The Labute approximate surface area is 120 Å². The first-order valence-electron chi connectivity index (χ1n) is 6.70. The number of rotatable bonds is 7. The van der Waals surface area contributed by atoms with Crippen LogP contribution in [0, 0.1) is 0 Å². The molecule has 1 aliphatic carbocycles. The van der Waals surface area contributed by atoms with Crippen LogP contribution >= 0.6 is 11.6 Å². The molecule has 0 bridgehead atoms. The zero-order valence-electron chi connectivity index (χ0n) is 11.2. The average molecular weight is 302 g/mol. The van der Waals surface area contributed by atoms with Crippen molar-refractivity contribution in [1.82, 2.24) is 4.31 Å². The van der Waals surface area contributed by atoms with Crippen LogP contribution in [0.4, 0.5) is 0 Å². The average Bonchev–Trinajstić information content (AvgIpc) is 3.20. The second-order valence-corrected chi connectivity index (χ2v) is 7.37. The summed E-state index contributed by atoms with van der Waals surface area (Å²) >= 11 is 5.59. The van der Waals surface area contributed by atoms with Gasteiger partial charge in [0.25, 0.3) is 0 Å². The first-order valence-corrected chi connectivity index (χ1v) is 8.84. The van der Waals surface area contributed by atoms with Crippen molar-refractivity contribution >= 4 is 21.6 Å². The number of benzene rings is 1. The molecule has 5 heteroatoms. The molecule has 1 aliphatic rings. The lowest BCUT2D eigenvalue weighted by Crippen LogP contribution is -2.34. The van der Waals surface area contributed by atoms with Gasteiger partial charge in [-0.15, -0.1) is 11.6 Å². The van der Waals surface area contributed by atoms with Gasteiger partial charge < -0.3 is 0 Å². The number of nitrogens with zero attached hydrogens (tertiary/aromatic N) is 1. The maximum atomic E-state index is 12.2. The van der Waals surface area contributed by atoms with Crippen molar-refractivity contribution in [3.63, 3.8) is 0 Å². The molecule has 0 amide bonds. The summed E-state index contributed by atoms with van der Waals surface area (Å²) in [5.41, 5.74) is 2.31. The van der Waals surface area contributed by atoms with E-state index in [1.165, 1.54) is 5.56 Å². The molecule has 0 N–H and O–H groups in total. The van der Waals surface area contributed by atoms with Gasteiger partial charge in [-0.05, 0) is 30.4 Å². The highest BCUT2D eigenvalue weighted by atomic mass is 35.5. The predicted molar refractivity (Wildman–Crippen MR) is 78.9 cm³/mol. The Morgan fingerprint density at radius 2 is 1.79 bits per heavy atom. The smallest absolute Gasteiger partial charge is 0.212 e. The summed E-state index contributed by atoms with van der Waals surface area (Å²) in [4.78, 5) is 0. The quantitative estimate of drug-likeness (QED) is 0.726. The van der Waals surface area contributed by atoms with Crippen LogP contribution in [-0.4, -0.2) is 30.4 Å². The van der Waals surface area contributed by atoms with E-state index in [4.69, 9.17) is 11.6 Å². The molecule has 0 unspecified atom stereocenters. The Kier molecular flexibility index (Phi) is 4.87. The van der Waals surface area contributed by atoms with Gasteiger partial charge in [0, 0.05) is 18.5 Å². The summed E-state index contributed by atoms with van der Waals surface area (Å²) in [6, 6.07) is 8.34. The highest BCUT2D eigenvalue weighted by Gasteiger charge is 2.36. The standard InChI is InChI=1S/C14H20ClNO2S/c1-2-12-3-5-13(6-4-12)11-16(14-7-8-14)19(17,18)10-9-15/h3-6,14H,2,7-11H2,1H3. The van der Waals surface area contributed by atoms with Crippen LogP contribution < -0.4 is 0 Å². The van der Waals surface area contributed by atoms with Gasteiger partial charge in [0.2, 0.25) is 10.0 Å². The third-order valence-electron chi connectivity index (χ3n) is 3.42. The Bertz CT molecular complexity index is 509. The summed E-state index contributed by atoms with van der Waals surface area (Å²) in [6.45, 7) is 2.57. The Hall–Kier alpha value is -0.580. The first kappa shape index (κ1) is 14.8. The first-order chi connectivity index (χ1) is 9.06. The van der Waals surface area contributed by atoms with E-state index in [0.717, 1.165) is 24.8 Å². The van der Waals surface area contributed by atoms with E-state index in [-0.39, 0.29) is 17.7 Å². The largest absolute Gasteiger partial charge is 0.215 e. The maximum Gasteiger partial charge on any atom is 0.215 e. The molecule has 0 saturated heterocycles. The number of halogens is 1. The van der Waals surface area contributed by atoms with Crippen LogP contribution in [0.3, 0.4) is 0 Å². The van der Waals surface area contributed by atoms with Crippen LogP contribution in [0.1, 0.15) is 30.9 Å². The van der Waals surface area contributed by atoms with Crippen molar-refractivity contribution in [2.24, 2.45) is 0 Å². The van der Waals surface area contributed by atoms with Gasteiger partial charge in [0.05, 0.1) is 5.75 Å². The van der Waals surface area contributed by atoms with Crippen molar-refractivity contribution in [3.8, 4) is 0 Å². The minimum absolute atomic E-state index is 0.0259. The highest BCUT2D eigenvalue weighted by molar-refractivity contribution is 7.89. The fourth-order valence-electron chi connectivity index (χ4n) is 2.09. The van der Waals surface area contributed by atoms with Crippen molar-refractivity contribution in [2.75, 3.05) is 11.6 Å².